The smallest absolute Gasteiger partial charge is 0.216 e. The van der Waals surface area contributed by atoms with E-state index in [1.807, 2.05) is 6.07 Å². The third-order valence-electron chi connectivity index (χ3n) is 6.33. The van der Waals surface area contributed by atoms with Crippen molar-refractivity contribution in [3.05, 3.63) is 71.8 Å². The fourth-order valence-corrected chi connectivity index (χ4v) is 6.40. The second-order valence-electron chi connectivity index (χ2n) is 9.46. The summed E-state index contributed by atoms with van der Waals surface area (Å²) < 4.78 is 8.80. The number of furan rings is 1. The molecular formula is C27H28NOSi+. The summed E-state index contributed by atoms with van der Waals surface area (Å²) in [6.07, 6.45) is 0. The van der Waals surface area contributed by atoms with Crippen molar-refractivity contribution in [2.24, 2.45) is 7.05 Å². The molecule has 0 saturated carbocycles. The lowest BCUT2D eigenvalue weighted by Crippen LogP contribution is -2.43. The quantitative estimate of drug-likeness (QED) is 0.243. The highest BCUT2D eigenvalue weighted by Gasteiger charge is 2.29. The minimum absolute atomic E-state index is 0.949. The van der Waals surface area contributed by atoms with Gasteiger partial charge < -0.3 is 4.42 Å². The summed E-state index contributed by atoms with van der Waals surface area (Å²) in [4.78, 5) is 0. The molecule has 3 heteroatoms. The SMILES string of the molecule is Cc1ccc2c(oc3ccccc32)c1-c1cc([Si](C)(C)C)c2cccc(C)c2[n+]1C. The lowest BCUT2D eigenvalue weighted by atomic mass is 9.99. The van der Waals surface area contributed by atoms with E-state index in [9.17, 15) is 0 Å². The number of benzene rings is 3. The fraction of sp³-hybridized carbons (Fsp3) is 0.222. The zero-order valence-corrected chi connectivity index (χ0v) is 19.6. The van der Waals surface area contributed by atoms with Gasteiger partial charge in [0, 0.05) is 27.8 Å². The molecule has 2 heterocycles. The maximum Gasteiger partial charge on any atom is 0.216 e. The van der Waals surface area contributed by atoms with Crippen LogP contribution in [0.2, 0.25) is 19.6 Å². The summed E-state index contributed by atoms with van der Waals surface area (Å²) in [6.45, 7) is 11.7. The van der Waals surface area contributed by atoms with Gasteiger partial charge in [0.1, 0.15) is 18.2 Å². The minimum Gasteiger partial charge on any atom is -0.455 e. The summed E-state index contributed by atoms with van der Waals surface area (Å²) in [5, 5.41) is 5.25. The Kier molecular flexibility index (Phi) is 4.16. The van der Waals surface area contributed by atoms with E-state index in [2.05, 4.69) is 99.7 Å². The summed E-state index contributed by atoms with van der Waals surface area (Å²) in [7, 11) is 0.626. The van der Waals surface area contributed by atoms with Crippen LogP contribution < -0.4 is 9.75 Å². The van der Waals surface area contributed by atoms with Crippen LogP contribution in [0.4, 0.5) is 0 Å². The Bertz CT molecular complexity index is 1450. The number of rotatable bonds is 2. The first-order valence-corrected chi connectivity index (χ1v) is 14.1. The van der Waals surface area contributed by atoms with Crippen molar-refractivity contribution in [3.63, 3.8) is 0 Å². The van der Waals surface area contributed by atoms with E-state index in [1.54, 1.807) is 0 Å². The molecular weight excluding hydrogens is 382 g/mol. The molecule has 0 saturated heterocycles. The van der Waals surface area contributed by atoms with Crippen LogP contribution in [0.5, 0.6) is 0 Å². The number of fused-ring (bicyclic) bond motifs is 4. The van der Waals surface area contributed by atoms with Crippen molar-refractivity contribution in [1.82, 2.24) is 0 Å². The number of hydrogen-bond donors (Lipinski definition) is 0. The Hall–Kier alpha value is -2.91. The molecule has 0 fully saturated rings. The number of aryl methyl sites for hydroxylation is 3. The lowest BCUT2D eigenvalue weighted by molar-refractivity contribution is -0.633. The molecule has 0 radical (unpaired) electrons. The van der Waals surface area contributed by atoms with Gasteiger partial charge in [0.05, 0.1) is 13.6 Å². The third kappa shape index (κ3) is 2.72. The van der Waals surface area contributed by atoms with Gasteiger partial charge in [-0.05, 0) is 36.7 Å². The van der Waals surface area contributed by atoms with Gasteiger partial charge in [0.25, 0.3) is 0 Å². The van der Waals surface area contributed by atoms with Crippen molar-refractivity contribution in [3.8, 4) is 11.3 Å². The highest BCUT2D eigenvalue weighted by atomic mass is 28.3. The molecule has 0 bridgehead atoms. The van der Waals surface area contributed by atoms with Gasteiger partial charge in [-0.15, -0.1) is 0 Å². The summed E-state index contributed by atoms with van der Waals surface area (Å²) in [6, 6.07) is 21.9. The fourth-order valence-electron chi connectivity index (χ4n) is 4.82. The molecule has 150 valence electrons. The topological polar surface area (TPSA) is 17.0 Å². The monoisotopic (exact) mass is 410 g/mol. The van der Waals surface area contributed by atoms with Gasteiger partial charge in [-0.1, -0.05) is 62.1 Å². The van der Waals surface area contributed by atoms with Crippen LogP contribution in [-0.2, 0) is 7.05 Å². The second-order valence-corrected chi connectivity index (χ2v) is 14.5. The first-order valence-electron chi connectivity index (χ1n) is 10.6. The van der Waals surface area contributed by atoms with Gasteiger partial charge in [-0.2, -0.15) is 4.57 Å². The van der Waals surface area contributed by atoms with E-state index in [1.165, 1.54) is 49.2 Å². The van der Waals surface area contributed by atoms with Gasteiger partial charge in [0.15, 0.2) is 0 Å². The Morgan fingerprint density at radius 2 is 1.50 bits per heavy atom. The first-order chi connectivity index (χ1) is 14.3. The van der Waals surface area contributed by atoms with Crippen molar-refractivity contribution < 1.29 is 8.98 Å². The molecule has 5 rings (SSSR count). The molecule has 5 aromatic rings. The van der Waals surface area contributed by atoms with E-state index in [4.69, 9.17) is 4.42 Å². The zero-order chi connectivity index (χ0) is 21.2. The number of hydrogen-bond acceptors (Lipinski definition) is 1. The molecule has 0 N–H and O–H groups in total. The van der Waals surface area contributed by atoms with E-state index < -0.39 is 8.07 Å². The zero-order valence-electron chi connectivity index (χ0n) is 18.6. The normalized spacial score (nSPS) is 12.3. The molecule has 2 nitrogen and oxygen atoms in total. The Labute approximate surface area is 178 Å². The van der Waals surface area contributed by atoms with E-state index in [-0.39, 0.29) is 0 Å². The van der Waals surface area contributed by atoms with Crippen LogP contribution in [-0.4, -0.2) is 8.07 Å². The average Bonchev–Trinajstić information content (AvgIpc) is 3.06. The molecule has 3 aromatic carbocycles. The molecule has 0 aliphatic heterocycles. The maximum absolute atomic E-state index is 6.44. The average molecular weight is 411 g/mol. The molecule has 30 heavy (non-hydrogen) atoms. The maximum atomic E-state index is 6.44. The molecule has 0 spiro atoms. The summed E-state index contributed by atoms with van der Waals surface area (Å²) in [5.41, 5.74) is 8.25. The van der Waals surface area contributed by atoms with Crippen LogP contribution in [0.1, 0.15) is 11.1 Å². The number of para-hydroxylation sites is 2. The number of nitrogens with zero attached hydrogens (tertiary/aromatic N) is 1. The number of pyridine rings is 1. The Morgan fingerprint density at radius 3 is 2.27 bits per heavy atom. The molecule has 0 aliphatic rings. The molecule has 0 atom stereocenters. The Morgan fingerprint density at radius 1 is 0.767 bits per heavy atom. The van der Waals surface area contributed by atoms with Crippen LogP contribution in [0, 0.1) is 13.8 Å². The molecule has 0 aliphatic carbocycles. The van der Waals surface area contributed by atoms with Gasteiger partial charge in [0.2, 0.25) is 11.2 Å². The Balaban J connectivity index is 1.97. The number of aromatic nitrogens is 1. The first kappa shape index (κ1) is 19.1. The molecule has 0 unspecified atom stereocenters. The van der Waals surface area contributed by atoms with E-state index in [0.29, 0.717) is 0 Å². The summed E-state index contributed by atoms with van der Waals surface area (Å²) >= 11 is 0. The minimum atomic E-state index is -1.57. The van der Waals surface area contributed by atoms with Crippen molar-refractivity contribution in [1.29, 1.82) is 0 Å². The summed E-state index contributed by atoms with van der Waals surface area (Å²) in [5.74, 6) is 0. The third-order valence-corrected chi connectivity index (χ3v) is 8.35. The standard InChI is InChI=1S/C27H28NOSi/c1-17-14-15-20-19-11-7-8-13-23(19)29-27(20)25(17)22-16-24(30(4,5)6)21-12-9-10-18(2)26(21)28(22)3/h7-16H,1-6H3/q+1. The van der Waals surface area contributed by atoms with Crippen LogP contribution in [0.25, 0.3) is 44.1 Å². The van der Waals surface area contributed by atoms with Crippen molar-refractivity contribution in [2.45, 2.75) is 33.5 Å². The molecule has 0 amide bonds. The van der Waals surface area contributed by atoms with Crippen LogP contribution >= 0.6 is 0 Å². The van der Waals surface area contributed by atoms with Crippen LogP contribution in [0.3, 0.4) is 0 Å². The predicted octanol–water partition coefficient (Wildman–Crippen LogP) is 6.39. The van der Waals surface area contributed by atoms with Gasteiger partial charge in [-0.25, -0.2) is 0 Å². The van der Waals surface area contributed by atoms with Crippen molar-refractivity contribution >= 4 is 46.1 Å². The van der Waals surface area contributed by atoms with Gasteiger partial charge >= 0.3 is 0 Å². The highest BCUT2D eigenvalue weighted by molar-refractivity contribution is 6.90. The second kappa shape index (κ2) is 6.54. The predicted molar refractivity (Wildman–Crippen MR) is 130 cm³/mol. The molecule has 2 aromatic heterocycles. The van der Waals surface area contributed by atoms with E-state index >= 15 is 0 Å². The van der Waals surface area contributed by atoms with E-state index in [0.717, 1.165) is 11.2 Å². The highest BCUT2D eigenvalue weighted by Crippen LogP contribution is 2.37. The van der Waals surface area contributed by atoms with Crippen molar-refractivity contribution in [2.75, 3.05) is 0 Å². The largest absolute Gasteiger partial charge is 0.455 e. The lowest BCUT2D eigenvalue weighted by Gasteiger charge is -2.20. The van der Waals surface area contributed by atoms with Gasteiger partial charge in [-0.3, -0.25) is 0 Å². The van der Waals surface area contributed by atoms with Crippen LogP contribution in [0.15, 0.2) is 65.1 Å².